The van der Waals surface area contributed by atoms with Gasteiger partial charge in [-0.2, -0.15) is 0 Å². The molecule has 12 heavy (non-hydrogen) atoms. The predicted molar refractivity (Wildman–Crippen MR) is 49.0 cm³/mol. The van der Waals surface area contributed by atoms with Gasteiger partial charge in [-0.05, 0) is 25.7 Å². The Morgan fingerprint density at radius 3 is 2.42 bits per heavy atom. The second-order valence-electron chi connectivity index (χ2n) is 3.82. The Morgan fingerprint density at radius 1 is 1.50 bits per heavy atom. The molecule has 70 valence electrons. The summed E-state index contributed by atoms with van der Waals surface area (Å²) in [7, 11) is 3.53. The third-order valence-corrected chi connectivity index (χ3v) is 2.61. The van der Waals surface area contributed by atoms with Crippen molar-refractivity contribution in [2.24, 2.45) is 5.92 Å². The van der Waals surface area contributed by atoms with Gasteiger partial charge in [0.1, 0.15) is 0 Å². The molecule has 1 aliphatic carbocycles. The summed E-state index contributed by atoms with van der Waals surface area (Å²) in [5.41, 5.74) is 0. The highest BCUT2D eigenvalue weighted by atomic mass is 16.2. The van der Waals surface area contributed by atoms with Crippen LogP contribution in [-0.2, 0) is 0 Å². The topological polar surface area (TPSA) is 32.3 Å². The van der Waals surface area contributed by atoms with Crippen molar-refractivity contribution in [2.75, 3.05) is 14.1 Å². The molecule has 0 aliphatic heterocycles. The molecule has 0 saturated heterocycles. The summed E-state index contributed by atoms with van der Waals surface area (Å²) < 4.78 is 0. The Kier molecular flexibility index (Phi) is 2.95. The van der Waals surface area contributed by atoms with Crippen molar-refractivity contribution >= 4 is 6.03 Å². The molecule has 0 aromatic heterocycles. The molecule has 2 amide bonds. The summed E-state index contributed by atoms with van der Waals surface area (Å²) in [5.74, 6) is 0.717. The first kappa shape index (κ1) is 9.36. The number of carbonyl (C=O) groups is 1. The van der Waals surface area contributed by atoms with E-state index in [1.165, 1.54) is 19.3 Å². The SMILES string of the molecule is CC(NC(=O)N(C)C)C1CCC1. The van der Waals surface area contributed by atoms with Crippen molar-refractivity contribution in [1.29, 1.82) is 0 Å². The van der Waals surface area contributed by atoms with E-state index in [1.807, 2.05) is 0 Å². The van der Waals surface area contributed by atoms with E-state index >= 15 is 0 Å². The fraction of sp³-hybridized carbons (Fsp3) is 0.889. The van der Waals surface area contributed by atoms with Crippen LogP contribution < -0.4 is 5.32 Å². The van der Waals surface area contributed by atoms with Crippen molar-refractivity contribution < 1.29 is 4.79 Å². The zero-order valence-electron chi connectivity index (χ0n) is 8.13. The zero-order valence-corrected chi connectivity index (χ0v) is 8.13. The van der Waals surface area contributed by atoms with Gasteiger partial charge in [0.25, 0.3) is 0 Å². The number of carbonyl (C=O) groups excluding carboxylic acids is 1. The quantitative estimate of drug-likeness (QED) is 0.668. The van der Waals surface area contributed by atoms with Crippen LogP contribution >= 0.6 is 0 Å². The minimum atomic E-state index is 0.0226. The number of urea groups is 1. The molecule has 0 radical (unpaired) electrons. The maximum absolute atomic E-state index is 11.2. The van der Waals surface area contributed by atoms with E-state index in [4.69, 9.17) is 0 Å². The smallest absolute Gasteiger partial charge is 0.317 e. The Balaban J connectivity index is 2.24. The van der Waals surface area contributed by atoms with Crippen LogP contribution in [0.15, 0.2) is 0 Å². The Labute approximate surface area is 74.1 Å². The van der Waals surface area contributed by atoms with Crippen LogP contribution in [-0.4, -0.2) is 31.1 Å². The van der Waals surface area contributed by atoms with E-state index in [2.05, 4.69) is 12.2 Å². The summed E-state index contributed by atoms with van der Waals surface area (Å²) in [6.45, 7) is 2.09. The first-order valence-electron chi connectivity index (χ1n) is 4.59. The molecule has 0 heterocycles. The van der Waals surface area contributed by atoms with Crippen molar-refractivity contribution in [3.63, 3.8) is 0 Å². The van der Waals surface area contributed by atoms with Crippen LogP contribution in [0.3, 0.4) is 0 Å². The fourth-order valence-electron chi connectivity index (χ4n) is 1.38. The van der Waals surface area contributed by atoms with Gasteiger partial charge in [0.15, 0.2) is 0 Å². The number of amides is 2. The van der Waals surface area contributed by atoms with Crippen molar-refractivity contribution in [2.45, 2.75) is 32.2 Å². The molecule has 3 nitrogen and oxygen atoms in total. The summed E-state index contributed by atoms with van der Waals surface area (Å²) in [5, 5.41) is 2.97. The first-order valence-corrected chi connectivity index (χ1v) is 4.59. The molecule has 3 heteroatoms. The van der Waals surface area contributed by atoms with E-state index in [9.17, 15) is 4.79 Å². The molecular weight excluding hydrogens is 152 g/mol. The van der Waals surface area contributed by atoms with Gasteiger partial charge in [0.05, 0.1) is 0 Å². The van der Waals surface area contributed by atoms with Gasteiger partial charge >= 0.3 is 6.03 Å². The van der Waals surface area contributed by atoms with Crippen molar-refractivity contribution in [1.82, 2.24) is 10.2 Å². The van der Waals surface area contributed by atoms with E-state index in [0.29, 0.717) is 12.0 Å². The lowest BCUT2D eigenvalue weighted by molar-refractivity contribution is 0.194. The average Bonchev–Trinajstić information content (AvgIpc) is 1.82. The number of nitrogens with one attached hydrogen (secondary N) is 1. The van der Waals surface area contributed by atoms with Gasteiger partial charge in [-0.25, -0.2) is 4.79 Å². The third-order valence-electron chi connectivity index (χ3n) is 2.61. The van der Waals surface area contributed by atoms with E-state index in [1.54, 1.807) is 19.0 Å². The fourth-order valence-corrected chi connectivity index (χ4v) is 1.38. The molecule has 1 N–H and O–H groups in total. The molecule has 1 unspecified atom stereocenters. The number of hydrogen-bond acceptors (Lipinski definition) is 1. The van der Waals surface area contributed by atoms with E-state index < -0.39 is 0 Å². The normalized spacial score (nSPS) is 19.6. The number of hydrogen-bond donors (Lipinski definition) is 1. The van der Waals surface area contributed by atoms with Crippen LogP contribution in [0, 0.1) is 5.92 Å². The minimum Gasteiger partial charge on any atom is -0.335 e. The molecule has 0 bridgehead atoms. The maximum atomic E-state index is 11.2. The Morgan fingerprint density at radius 2 is 2.08 bits per heavy atom. The Bertz CT molecular complexity index is 164. The third kappa shape index (κ3) is 2.13. The second-order valence-corrected chi connectivity index (χ2v) is 3.82. The summed E-state index contributed by atoms with van der Waals surface area (Å²) >= 11 is 0. The van der Waals surface area contributed by atoms with Gasteiger partial charge in [-0.15, -0.1) is 0 Å². The van der Waals surface area contributed by atoms with Gasteiger partial charge in [0, 0.05) is 20.1 Å². The van der Waals surface area contributed by atoms with Crippen LogP contribution in [0.25, 0.3) is 0 Å². The Hall–Kier alpha value is -0.730. The first-order chi connectivity index (χ1) is 5.61. The highest BCUT2D eigenvalue weighted by molar-refractivity contribution is 5.73. The van der Waals surface area contributed by atoms with Crippen LogP contribution in [0.4, 0.5) is 4.79 Å². The average molecular weight is 170 g/mol. The van der Waals surface area contributed by atoms with E-state index in [-0.39, 0.29) is 6.03 Å². The molecule has 0 spiro atoms. The van der Waals surface area contributed by atoms with Crippen molar-refractivity contribution in [3.8, 4) is 0 Å². The monoisotopic (exact) mass is 170 g/mol. The highest BCUT2D eigenvalue weighted by Gasteiger charge is 2.25. The predicted octanol–water partition coefficient (Wildman–Crippen LogP) is 1.45. The lowest BCUT2D eigenvalue weighted by Gasteiger charge is -2.32. The largest absolute Gasteiger partial charge is 0.335 e. The second kappa shape index (κ2) is 3.78. The maximum Gasteiger partial charge on any atom is 0.317 e. The zero-order chi connectivity index (χ0) is 9.14. The lowest BCUT2D eigenvalue weighted by atomic mass is 9.80. The van der Waals surface area contributed by atoms with Gasteiger partial charge < -0.3 is 10.2 Å². The van der Waals surface area contributed by atoms with Crippen molar-refractivity contribution in [3.05, 3.63) is 0 Å². The summed E-state index contributed by atoms with van der Waals surface area (Å²) in [6.07, 6.45) is 3.87. The minimum absolute atomic E-state index is 0.0226. The van der Waals surface area contributed by atoms with Crippen LogP contribution in [0.1, 0.15) is 26.2 Å². The molecule has 1 aliphatic rings. The number of nitrogens with zero attached hydrogens (tertiary/aromatic N) is 1. The van der Waals surface area contributed by atoms with Crippen LogP contribution in [0.2, 0.25) is 0 Å². The van der Waals surface area contributed by atoms with Gasteiger partial charge in [-0.3, -0.25) is 0 Å². The van der Waals surface area contributed by atoms with E-state index in [0.717, 1.165) is 0 Å². The van der Waals surface area contributed by atoms with Gasteiger partial charge in [0.2, 0.25) is 0 Å². The molecule has 1 fully saturated rings. The molecule has 1 rings (SSSR count). The van der Waals surface area contributed by atoms with Gasteiger partial charge in [-0.1, -0.05) is 6.42 Å². The van der Waals surface area contributed by atoms with Crippen LogP contribution in [0.5, 0.6) is 0 Å². The standard InChI is InChI=1S/C9H18N2O/c1-7(8-5-4-6-8)10-9(12)11(2)3/h7-8H,4-6H2,1-3H3,(H,10,12). The summed E-state index contributed by atoms with van der Waals surface area (Å²) in [4.78, 5) is 12.8. The molecule has 0 aromatic carbocycles. The summed E-state index contributed by atoms with van der Waals surface area (Å²) in [6, 6.07) is 0.364. The lowest BCUT2D eigenvalue weighted by Crippen LogP contribution is -2.45. The molecule has 0 aromatic rings. The number of rotatable bonds is 2. The molecule has 1 saturated carbocycles. The molecular formula is C9H18N2O. The molecule has 1 atom stereocenters. The highest BCUT2D eigenvalue weighted by Crippen LogP contribution is 2.29.